The van der Waals surface area contributed by atoms with Crippen LogP contribution in [-0.4, -0.2) is 37.0 Å². The van der Waals surface area contributed by atoms with Crippen molar-refractivity contribution in [3.63, 3.8) is 0 Å². The van der Waals surface area contributed by atoms with E-state index in [-0.39, 0.29) is 12.5 Å². The summed E-state index contributed by atoms with van der Waals surface area (Å²) in [6.07, 6.45) is 3.70. The standard InChI is InChI=1S/C35H33Cl2N3O2/c36-31-21-32(37)23-33(22-31)39-34(41)25-42-35(15-18-40(19-16-35)17-5-9-26-6-2-1-3-7-26)30-13-11-28(12-14-30)29-10-4-8-27(20-29)24-38/h1-4,6-8,10-14,20-23H,5,9,15-19,25H2,(H,39,41). The third kappa shape index (κ3) is 7.79. The molecule has 1 aliphatic rings. The first-order valence-electron chi connectivity index (χ1n) is 14.2. The Bertz CT molecular complexity index is 1520. The van der Waals surface area contributed by atoms with E-state index in [0.717, 1.165) is 62.0 Å². The number of hydrogen-bond acceptors (Lipinski definition) is 4. The molecule has 1 amide bonds. The molecule has 7 heteroatoms. The van der Waals surface area contributed by atoms with Crippen molar-refractivity contribution in [3.05, 3.63) is 124 Å². The molecule has 5 rings (SSSR count). The maximum atomic E-state index is 12.9. The fraction of sp³-hybridized carbons (Fsp3) is 0.257. The number of nitrogens with zero attached hydrogens (tertiary/aromatic N) is 2. The third-order valence-electron chi connectivity index (χ3n) is 7.81. The molecule has 0 radical (unpaired) electrons. The molecule has 42 heavy (non-hydrogen) atoms. The number of nitrogens with one attached hydrogen (secondary N) is 1. The lowest BCUT2D eigenvalue weighted by Gasteiger charge is -2.42. The van der Waals surface area contributed by atoms with Gasteiger partial charge in [0.1, 0.15) is 6.61 Å². The number of halogens is 2. The van der Waals surface area contributed by atoms with Gasteiger partial charge in [0, 0.05) is 28.8 Å². The van der Waals surface area contributed by atoms with Crippen LogP contribution in [0.2, 0.25) is 10.0 Å². The first-order chi connectivity index (χ1) is 20.4. The molecule has 0 bridgehead atoms. The summed E-state index contributed by atoms with van der Waals surface area (Å²) in [5.74, 6) is -0.261. The molecule has 214 valence electrons. The number of carbonyl (C=O) groups is 1. The summed E-state index contributed by atoms with van der Waals surface area (Å²) in [6.45, 7) is 2.69. The second-order valence-electron chi connectivity index (χ2n) is 10.7. The Balaban J connectivity index is 1.28. The first-order valence-corrected chi connectivity index (χ1v) is 15.0. The molecule has 0 unspecified atom stereocenters. The SMILES string of the molecule is N#Cc1cccc(-c2ccc(C3(OCC(=O)Nc4cc(Cl)cc(Cl)c4)CCN(CCCc4ccccc4)CC3)cc2)c1. The Morgan fingerprint density at radius 3 is 2.29 bits per heavy atom. The van der Waals surface area contributed by atoms with Gasteiger partial charge in [0.05, 0.1) is 17.2 Å². The number of ether oxygens (including phenoxy) is 1. The van der Waals surface area contributed by atoms with E-state index in [9.17, 15) is 10.1 Å². The van der Waals surface area contributed by atoms with Crippen LogP contribution in [0.5, 0.6) is 0 Å². The maximum Gasteiger partial charge on any atom is 0.250 e. The highest BCUT2D eigenvalue weighted by molar-refractivity contribution is 6.35. The highest BCUT2D eigenvalue weighted by Crippen LogP contribution is 2.38. The topological polar surface area (TPSA) is 65.4 Å². The zero-order valence-electron chi connectivity index (χ0n) is 23.4. The van der Waals surface area contributed by atoms with Gasteiger partial charge in [-0.2, -0.15) is 5.26 Å². The van der Waals surface area contributed by atoms with Gasteiger partial charge in [0.15, 0.2) is 0 Å². The maximum absolute atomic E-state index is 12.9. The lowest BCUT2D eigenvalue weighted by molar-refractivity contribution is -0.134. The molecule has 0 spiro atoms. The van der Waals surface area contributed by atoms with Crippen molar-refractivity contribution in [1.82, 2.24) is 4.90 Å². The van der Waals surface area contributed by atoms with Crippen molar-refractivity contribution in [2.45, 2.75) is 31.3 Å². The monoisotopic (exact) mass is 597 g/mol. The summed E-state index contributed by atoms with van der Waals surface area (Å²) in [5, 5.41) is 13.1. The molecule has 1 saturated heterocycles. The minimum absolute atomic E-state index is 0.0931. The molecule has 1 aliphatic heterocycles. The van der Waals surface area contributed by atoms with E-state index < -0.39 is 5.60 Å². The fourth-order valence-electron chi connectivity index (χ4n) is 5.57. The molecule has 4 aromatic carbocycles. The van der Waals surface area contributed by atoms with Gasteiger partial charge in [-0.1, -0.05) is 89.9 Å². The zero-order chi connectivity index (χ0) is 29.4. The third-order valence-corrected chi connectivity index (χ3v) is 8.24. The number of hydrogen-bond donors (Lipinski definition) is 1. The van der Waals surface area contributed by atoms with E-state index in [1.54, 1.807) is 24.3 Å². The van der Waals surface area contributed by atoms with E-state index in [0.29, 0.717) is 21.3 Å². The molecule has 0 saturated carbocycles. The van der Waals surface area contributed by atoms with E-state index >= 15 is 0 Å². The molecule has 0 aromatic heterocycles. The van der Waals surface area contributed by atoms with Crippen molar-refractivity contribution < 1.29 is 9.53 Å². The summed E-state index contributed by atoms with van der Waals surface area (Å²) in [4.78, 5) is 15.4. The van der Waals surface area contributed by atoms with Crippen molar-refractivity contribution in [2.24, 2.45) is 0 Å². The summed E-state index contributed by atoms with van der Waals surface area (Å²) in [6, 6.07) is 33.6. The van der Waals surface area contributed by atoms with Gasteiger partial charge >= 0.3 is 0 Å². The number of carbonyl (C=O) groups excluding carboxylic acids is 1. The predicted molar refractivity (Wildman–Crippen MR) is 170 cm³/mol. The van der Waals surface area contributed by atoms with Crippen LogP contribution in [0.4, 0.5) is 5.69 Å². The van der Waals surface area contributed by atoms with E-state index in [2.05, 4.69) is 64.8 Å². The van der Waals surface area contributed by atoms with Gasteiger partial charge < -0.3 is 15.0 Å². The van der Waals surface area contributed by atoms with Crippen LogP contribution < -0.4 is 5.32 Å². The van der Waals surface area contributed by atoms with Crippen molar-refractivity contribution in [3.8, 4) is 17.2 Å². The van der Waals surface area contributed by atoms with Crippen LogP contribution in [0.15, 0.2) is 97.1 Å². The van der Waals surface area contributed by atoms with Crippen LogP contribution >= 0.6 is 23.2 Å². The molecule has 0 aliphatic carbocycles. The number of likely N-dealkylation sites (tertiary alicyclic amines) is 1. The van der Waals surface area contributed by atoms with Crippen LogP contribution in [0.3, 0.4) is 0 Å². The number of anilines is 1. The van der Waals surface area contributed by atoms with Crippen molar-refractivity contribution >= 4 is 34.8 Å². The second kappa shape index (κ2) is 14.0. The Morgan fingerprint density at radius 2 is 1.60 bits per heavy atom. The number of piperidine rings is 1. The summed E-state index contributed by atoms with van der Waals surface area (Å²) in [5.41, 5.74) is 5.00. The Labute approximate surface area is 257 Å². The predicted octanol–water partition coefficient (Wildman–Crippen LogP) is 8.11. The molecule has 5 nitrogen and oxygen atoms in total. The number of nitriles is 1. The lowest BCUT2D eigenvalue weighted by Crippen LogP contribution is -2.45. The van der Waals surface area contributed by atoms with E-state index in [4.69, 9.17) is 27.9 Å². The molecule has 1 heterocycles. The van der Waals surface area contributed by atoms with Gasteiger partial charge in [-0.15, -0.1) is 0 Å². The van der Waals surface area contributed by atoms with E-state index in [1.165, 1.54) is 5.56 Å². The van der Waals surface area contributed by atoms with Gasteiger partial charge in [-0.3, -0.25) is 4.79 Å². The van der Waals surface area contributed by atoms with Crippen LogP contribution in [0.1, 0.15) is 36.0 Å². The molecular formula is C35H33Cl2N3O2. The normalized spacial score (nSPS) is 14.7. The highest BCUT2D eigenvalue weighted by atomic mass is 35.5. The summed E-state index contributed by atoms with van der Waals surface area (Å²) in [7, 11) is 0. The number of rotatable bonds is 10. The summed E-state index contributed by atoms with van der Waals surface area (Å²) >= 11 is 12.2. The minimum Gasteiger partial charge on any atom is -0.360 e. The molecule has 1 N–H and O–H groups in total. The highest BCUT2D eigenvalue weighted by Gasteiger charge is 2.37. The average Bonchev–Trinajstić information content (AvgIpc) is 3.01. The molecule has 0 atom stereocenters. The van der Waals surface area contributed by atoms with Gasteiger partial charge in [-0.05, 0) is 84.8 Å². The smallest absolute Gasteiger partial charge is 0.250 e. The number of aryl methyl sites for hydroxylation is 1. The lowest BCUT2D eigenvalue weighted by atomic mass is 9.83. The van der Waals surface area contributed by atoms with Crippen LogP contribution in [-0.2, 0) is 21.6 Å². The number of benzene rings is 4. The Morgan fingerprint density at radius 1 is 0.881 bits per heavy atom. The van der Waals surface area contributed by atoms with Crippen molar-refractivity contribution in [1.29, 1.82) is 5.26 Å². The number of amides is 1. The van der Waals surface area contributed by atoms with Gasteiger partial charge in [0.25, 0.3) is 0 Å². The second-order valence-corrected chi connectivity index (χ2v) is 11.6. The van der Waals surface area contributed by atoms with Crippen LogP contribution in [0, 0.1) is 11.3 Å². The summed E-state index contributed by atoms with van der Waals surface area (Å²) < 4.78 is 6.51. The largest absolute Gasteiger partial charge is 0.360 e. The van der Waals surface area contributed by atoms with Crippen molar-refractivity contribution in [2.75, 3.05) is 31.6 Å². The van der Waals surface area contributed by atoms with E-state index in [1.807, 2.05) is 24.3 Å². The Hall–Kier alpha value is -3.66. The Kier molecular flexibility index (Phi) is 9.94. The first kappa shape index (κ1) is 29.8. The average molecular weight is 599 g/mol. The van der Waals surface area contributed by atoms with Gasteiger partial charge in [0.2, 0.25) is 5.91 Å². The fourth-order valence-corrected chi connectivity index (χ4v) is 6.09. The zero-order valence-corrected chi connectivity index (χ0v) is 24.9. The minimum atomic E-state index is -0.591. The van der Waals surface area contributed by atoms with Crippen LogP contribution in [0.25, 0.3) is 11.1 Å². The van der Waals surface area contributed by atoms with Gasteiger partial charge in [-0.25, -0.2) is 0 Å². The molecular weight excluding hydrogens is 565 g/mol. The molecule has 1 fully saturated rings. The molecule has 4 aromatic rings. The quantitative estimate of drug-likeness (QED) is 0.200.